The summed E-state index contributed by atoms with van der Waals surface area (Å²) in [4.78, 5) is 10.7. The van der Waals surface area contributed by atoms with Crippen LogP contribution in [0.5, 0.6) is 0 Å². The lowest BCUT2D eigenvalue weighted by molar-refractivity contribution is -0.109. The van der Waals surface area contributed by atoms with Crippen molar-refractivity contribution in [2.75, 3.05) is 5.75 Å². The lowest BCUT2D eigenvalue weighted by Gasteiger charge is -1.95. The second kappa shape index (κ2) is 6.08. The Bertz CT molecular complexity index is 577. The SMILES string of the molecule is CC(=O)SCC#Cc1ccc(-c2ccno2)cc1. The van der Waals surface area contributed by atoms with E-state index in [1.54, 1.807) is 13.1 Å². The first kappa shape index (κ1) is 12.5. The molecule has 0 atom stereocenters. The molecule has 1 aromatic heterocycles. The van der Waals surface area contributed by atoms with Gasteiger partial charge in [-0.1, -0.05) is 28.8 Å². The van der Waals surface area contributed by atoms with E-state index >= 15 is 0 Å². The fraction of sp³-hybridized carbons (Fsp3) is 0.143. The van der Waals surface area contributed by atoms with Crippen LogP contribution >= 0.6 is 11.8 Å². The molecule has 2 aromatic rings. The topological polar surface area (TPSA) is 43.1 Å². The van der Waals surface area contributed by atoms with Gasteiger partial charge in [0.15, 0.2) is 10.9 Å². The summed E-state index contributed by atoms with van der Waals surface area (Å²) < 4.78 is 5.06. The number of benzene rings is 1. The molecule has 0 radical (unpaired) electrons. The molecule has 0 aliphatic carbocycles. The van der Waals surface area contributed by atoms with Gasteiger partial charge in [-0.3, -0.25) is 4.79 Å². The zero-order valence-corrected chi connectivity index (χ0v) is 10.7. The minimum atomic E-state index is 0.0879. The Morgan fingerprint density at radius 3 is 2.72 bits per heavy atom. The predicted octanol–water partition coefficient (Wildman–Crippen LogP) is 2.97. The second-order valence-electron chi connectivity index (χ2n) is 3.54. The monoisotopic (exact) mass is 257 g/mol. The number of carbonyl (C=O) groups is 1. The van der Waals surface area contributed by atoms with E-state index in [9.17, 15) is 4.79 Å². The highest BCUT2D eigenvalue weighted by Crippen LogP contribution is 2.18. The smallest absolute Gasteiger partial charge is 0.186 e. The van der Waals surface area contributed by atoms with Crippen molar-refractivity contribution in [3.05, 3.63) is 42.1 Å². The molecular formula is C14H11NO2S. The molecule has 0 aliphatic rings. The summed E-state index contributed by atoms with van der Waals surface area (Å²) in [7, 11) is 0. The van der Waals surface area contributed by atoms with Crippen LogP contribution in [0.3, 0.4) is 0 Å². The third kappa shape index (κ3) is 3.51. The molecule has 1 heterocycles. The second-order valence-corrected chi connectivity index (χ2v) is 4.69. The normalized spacial score (nSPS) is 9.61. The Morgan fingerprint density at radius 2 is 2.11 bits per heavy atom. The van der Waals surface area contributed by atoms with Gasteiger partial charge in [0.25, 0.3) is 0 Å². The molecule has 0 fully saturated rings. The number of thioether (sulfide) groups is 1. The minimum absolute atomic E-state index is 0.0879. The molecule has 0 spiro atoms. The molecule has 0 bridgehead atoms. The average molecular weight is 257 g/mol. The maximum Gasteiger partial charge on any atom is 0.186 e. The maximum atomic E-state index is 10.7. The van der Waals surface area contributed by atoms with Crippen LogP contribution in [-0.2, 0) is 4.79 Å². The van der Waals surface area contributed by atoms with Gasteiger partial charge in [0.05, 0.1) is 11.9 Å². The molecule has 2 rings (SSSR count). The zero-order valence-electron chi connectivity index (χ0n) is 9.84. The first-order valence-corrected chi connectivity index (χ1v) is 6.37. The fourth-order valence-electron chi connectivity index (χ4n) is 1.36. The quantitative estimate of drug-likeness (QED) is 0.776. The fourth-order valence-corrected chi connectivity index (χ4v) is 1.71. The highest BCUT2D eigenvalue weighted by atomic mass is 32.2. The third-order valence-electron chi connectivity index (χ3n) is 2.19. The van der Waals surface area contributed by atoms with E-state index in [-0.39, 0.29) is 5.12 Å². The molecule has 18 heavy (non-hydrogen) atoms. The Balaban J connectivity index is 2.02. The van der Waals surface area contributed by atoms with Crippen LogP contribution in [-0.4, -0.2) is 16.0 Å². The van der Waals surface area contributed by atoms with E-state index in [1.165, 1.54) is 11.8 Å². The standard InChI is InChI=1S/C14H11NO2S/c1-11(16)18-10-2-3-12-4-6-13(7-5-12)14-8-9-15-17-14/h4-9H,10H2,1H3. The summed E-state index contributed by atoms with van der Waals surface area (Å²) in [5.74, 6) is 7.21. The van der Waals surface area contributed by atoms with Crippen molar-refractivity contribution in [2.24, 2.45) is 0 Å². The number of rotatable bonds is 2. The average Bonchev–Trinajstić information content (AvgIpc) is 2.89. The van der Waals surface area contributed by atoms with Crippen LogP contribution in [0.4, 0.5) is 0 Å². The Hall–Kier alpha value is -1.99. The number of hydrogen-bond donors (Lipinski definition) is 0. The van der Waals surface area contributed by atoms with Crippen LogP contribution in [0.2, 0.25) is 0 Å². The molecule has 0 saturated carbocycles. The van der Waals surface area contributed by atoms with Gasteiger partial charge in [0.2, 0.25) is 0 Å². The number of hydrogen-bond acceptors (Lipinski definition) is 4. The first-order chi connectivity index (χ1) is 8.75. The molecule has 4 heteroatoms. The summed E-state index contributed by atoms with van der Waals surface area (Å²) in [5, 5.41) is 3.75. The largest absolute Gasteiger partial charge is 0.356 e. The number of nitrogens with zero attached hydrogens (tertiary/aromatic N) is 1. The zero-order chi connectivity index (χ0) is 12.8. The minimum Gasteiger partial charge on any atom is -0.356 e. The van der Waals surface area contributed by atoms with E-state index in [4.69, 9.17) is 4.52 Å². The molecule has 0 N–H and O–H groups in total. The maximum absolute atomic E-state index is 10.7. The molecule has 0 saturated heterocycles. The van der Waals surface area contributed by atoms with Crippen LogP contribution < -0.4 is 0 Å². The molecule has 90 valence electrons. The molecule has 1 aromatic carbocycles. The Kier molecular flexibility index (Phi) is 4.21. The summed E-state index contributed by atoms with van der Waals surface area (Å²) in [6.07, 6.45) is 1.61. The van der Waals surface area contributed by atoms with Gasteiger partial charge >= 0.3 is 0 Å². The highest BCUT2D eigenvalue weighted by molar-refractivity contribution is 8.13. The van der Waals surface area contributed by atoms with Crippen LogP contribution in [0.25, 0.3) is 11.3 Å². The summed E-state index contributed by atoms with van der Waals surface area (Å²) >= 11 is 1.22. The van der Waals surface area contributed by atoms with Crippen molar-refractivity contribution in [1.29, 1.82) is 0 Å². The van der Waals surface area contributed by atoms with Crippen molar-refractivity contribution >= 4 is 16.9 Å². The van der Waals surface area contributed by atoms with Gasteiger partial charge in [0, 0.05) is 24.1 Å². The number of carbonyl (C=O) groups excluding carboxylic acids is 1. The van der Waals surface area contributed by atoms with E-state index in [1.807, 2.05) is 30.3 Å². The molecule has 0 unspecified atom stereocenters. The lowest BCUT2D eigenvalue weighted by atomic mass is 10.1. The summed E-state index contributed by atoms with van der Waals surface area (Å²) in [6.45, 7) is 1.54. The van der Waals surface area contributed by atoms with E-state index in [0.29, 0.717) is 5.75 Å². The molecule has 3 nitrogen and oxygen atoms in total. The first-order valence-electron chi connectivity index (χ1n) is 5.39. The highest BCUT2D eigenvalue weighted by Gasteiger charge is 2.00. The van der Waals surface area contributed by atoms with Gasteiger partial charge in [-0.25, -0.2) is 0 Å². The lowest BCUT2D eigenvalue weighted by Crippen LogP contribution is -1.82. The van der Waals surface area contributed by atoms with Gasteiger partial charge in [-0.05, 0) is 24.3 Å². The van der Waals surface area contributed by atoms with Gasteiger partial charge in [-0.15, -0.1) is 0 Å². The van der Waals surface area contributed by atoms with E-state index < -0.39 is 0 Å². The Labute approximate surface area is 110 Å². The molecular weight excluding hydrogens is 246 g/mol. The van der Waals surface area contributed by atoms with Gasteiger partial charge in [0.1, 0.15) is 0 Å². The van der Waals surface area contributed by atoms with Crippen molar-refractivity contribution in [3.63, 3.8) is 0 Å². The third-order valence-corrected chi connectivity index (χ3v) is 2.88. The van der Waals surface area contributed by atoms with Crippen LogP contribution in [0.15, 0.2) is 41.1 Å². The van der Waals surface area contributed by atoms with Crippen molar-refractivity contribution in [1.82, 2.24) is 5.16 Å². The van der Waals surface area contributed by atoms with Crippen LogP contribution in [0.1, 0.15) is 12.5 Å². The van der Waals surface area contributed by atoms with Gasteiger partial charge in [-0.2, -0.15) is 0 Å². The predicted molar refractivity (Wildman–Crippen MR) is 72.0 cm³/mol. The van der Waals surface area contributed by atoms with E-state index in [0.717, 1.165) is 16.9 Å². The van der Waals surface area contributed by atoms with Crippen molar-refractivity contribution in [2.45, 2.75) is 6.92 Å². The summed E-state index contributed by atoms with van der Waals surface area (Å²) in [6, 6.07) is 9.52. The molecule has 0 aliphatic heterocycles. The molecule has 0 amide bonds. The van der Waals surface area contributed by atoms with Crippen LogP contribution in [0, 0.1) is 11.8 Å². The Morgan fingerprint density at radius 1 is 1.33 bits per heavy atom. The number of aromatic nitrogens is 1. The van der Waals surface area contributed by atoms with Crippen molar-refractivity contribution in [3.8, 4) is 23.2 Å². The van der Waals surface area contributed by atoms with E-state index in [2.05, 4.69) is 17.0 Å². The van der Waals surface area contributed by atoms with Gasteiger partial charge < -0.3 is 4.52 Å². The summed E-state index contributed by atoms with van der Waals surface area (Å²) in [5.41, 5.74) is 1.89. The van der Waals surface area contributed by atoms with Crippen molar-refractivity contribution < 1.29 is 9.32 Å².